The lowest BCUT2D eigenvalue weighted by Crippen LogP contribution is -2.41. The molecule has 4 N–H and O–H groups in total. The van der Waals surface area contributed by atoms with Gasteiger partial charge in [0.1, 0.15) is 11.4 Å². The fourth-order valence-electron chi connectivity index (χ4n) is 3.38. The Bertz CT molecular complexity index is 1290. The van der Waals surface area contributed by atoms with Crippen LogP contribution in [0.2, 0.25) is 0 Å². The number of nitrogens with zero attached hydrogens (tertiary/aromatic N) is 4. The quantitative estimate of drug-likeness (QED) is 0.367. The molecule has 0 spiro atoms. The number of rotatable bonds is 4. The Kier molecular flexibility index (Phi) is 4.51. The Balaban J connectivity index is 2.10. The highest BCUT2D eigenvalue weighted by Crippen LogP contribution is 2.34. The van der Waals surface area contributed by atoms with Crippen LogP contribution in [0.15, 0.2) is 36.4 Å². The van der Waals surface area contributed by atoms with Gasteiger partial charge in [-0.1, -0.05) is 12.1 Å². The predicted octanol–water partition coefficient (Wildman–Crippen LogP) is 2.34. The minimum absolute atomic E-state index is 0.0377. The Morgan fingerprint density at radius 1 is 0.806 bits per heavy atom. The van der Waals surface area contributed by atoms with Crippen LogP contribution in [0.3, 0.4) is 0 Å². The number of anilines is 2. The third-order valence-electron chi connectivity index (χ3n) is 4.78. The van der Waals surface area contributed by atoms with Crippen molar-refractivity contribution < 1.29 is 14.8 Å². The third kappa shape index (κ3) is 3.08. The molecule has 2 heterocycles. The zero-order chi connectivity index (χ0) is 22.4. The molecule has 0 fully saturated rings. The van der Waals surface area contributed by atoms with Gasteiger partial charge >= 0.3 is 0 Å². The number of nitrogens with one attached hydrogen (secondary N) is 4. The second-order valence-electron chi connectivity index (χ2n) is 6.87. The Morgan fingerprint density at radius 3 is 1.55 bits per heavy atom. The molecule has 0 aliphatic carbocycles. The lowest BCUT2D eigenvalue weighted by molar-refractivity contribution is -0.384. The van der Waals surface area contributed by atoms with Crippen molar-refractivity contribution in [3.8, 4) is 11.4 Å². The van der Waals surface area contributed by atoms with Crippen LogP contribution >= 0.6 is 0 Å². The highest BCUT2D eigenvalue weighted by molar-refractivity contribution is 5.71. The van der Waals surface area contributed by atoms with E-state index < -0.39 is 20.8 Å². The summed E-state index contributed by atoms with van der Waals surface area (Å²) in [4.78, 5) is 27.1. The molecule has 3 aromatic rings. The molecule has 158 valence electrons. The van der Waals surface area contributed by atoms with Crippen molar-refractivity contribution in [3.63, 3.8) is 0 Å². The minimum Gasteiger partial charge on any atom is -0.281 e. The summed E-state index contributed by atoms with van der Waals surface area (Å²) in [6.07, 6.45) is 0. The van der Waals surface area contributed by atoms with Crippen LogP contribution in [0.1, 0.15) is 11.1 Å². The maximum atomic E-state index is 11.6. The van der Waals surface area contributed by atoms with Gasteiger partial charge in [0.05, 0.1) is 9.85 Å². The van der Waals surface area contributed by atoms with E-state index >= 15 is 0 Å². The van der Waals surface area contributed by atoms with Crippen molar-refractivity contribution in [3.05, 3.63) is 78.7 Å². The van der Waals surface area contributed by atoms with Gasteiger partial charge in [-0.05, 0) is 37.1 Å². The number of fused-ring (bicyclic) bond motifs is 1. The molecule has 1 aliphatic heterocycles. The predicted molar refractivity (Wildman–Crippen MR) is 108 cm³/mol. The van der Waals surface area contributed by atoms with Crippen molar-refractivity contribution in [1.29, 1.82) is 10.8 Å². The van der Waals surface area contributed by atoms with E-state index in [4.69, 9.17) is 15.8 Å². The molecule has 0 atom stereocenters. The molecule has 0 saturated carbocycles. The normalized spacial score (nSPS) is 12.1. The van der Waals surface area contributed by atoms with E-state index in [1.54, 1.807) is 26.0 Å². The van der Waals surface area contributed by atoms with Crippen LogP contribution in [-0.4, -0.2) is 19.0 Å². The Hall–Kier alpha value is -4.52. The molecule has 2 aromatic carbocycles. The van der Waals surface area contributed by atoms with Crippen molar-refractivity contribution >= 4 is 23.0 Å². The Morgan fingerprint density at radius 2 is 1.19 bits per heavy atom. The fraction of sp³-hybridized carbons (Fsp3) is 0.111. The number of nitro groups is 2. The summed E-state index contributed by atoms with van der Waals surface area (Å²) >= 11 is 0. The smallest absolute Gasteiger partial charge is 0.281 e. The lowest BCUT2D eigenvalue weighted by atomic mass is 10.1. The molecule has 0 unspecified atom stereocenters. The third-order valence-corrected chi connectivity index (χ3v) is 4.78. The van der Waals surface area contributed by atoms with Crippen molar-refractivity contribution in [2.24, 2.45) is 0 Å². The minimum atomic E-state index is -0.583. The summed E-state index contributed by atoms with van der Waals surface area (Å²) in [5.74, 6) is 0.144. The van der Waals surface area contributed by atoms with E-state index in [1.165, 1.54) is 24.3 Å². The number of hydrogen-bond donors (Lipinski definition) is 4. The monoisotopic (exact) mass is 424 g/mol. The highest BCUT2D eigenvalue weighted by Gasteiger charge is 2.29. The maximum Gasteiger partial charge on any atom is 0.293 e. The van der Waals surface area contributed by atoms with E-state index in [2.05, 4.69) is 11.0 Å². The average Bonchev–Trinajstić information content (AvgIpc) is 3.19. The first-order valence-electron chi connectivity index (χ1n) is 8.90. The standard InChI is InChI=1S/C18H16N8O5/c1-9-3-5-11(13(7-9)25(27)28)23-15(19)16(20)24(18-17(23)21-31-22-18)12-6-4-10(2)8-14(12)26(29)30/h3-8,19-22H,1-2H3. The van der Waals surface area contributed by atoms with Crippen molar-refractivity contribution in [1.82, 2.24) is 9.13 Å². The van der Waals surface area contributed by atoms with Gasteiger partial charge < -0.3 is 0 Å². The first kappa shape index (κ1) is 19.8. The number of nitro benzene ring substituents is 2. The fourth-order valence-corrected chi connectivity index (χ4v) is 3.38. The molecule has 1 aliphatic rings. The summed E-state index contributed by atoms with van der Waals surface area (Å²) < 4.78 is 2.29. The summed E-state index contributed by atoms with van der Waals surface area (Å²) in [5, 5.41) is 40.3. The van der Waals surface area contributed by atoms with E-state index in [1.807, 2.05) is 0 Å². The van der Waals surface area contributed by atoms with Crippen molar-refractivity contribution in [2.45, 2.75) is 13.8 Å². The van der Waals surface area contributed by atoms with Crippen LogP contribution in [-0.2, 0) is 4.94 Å². The molecule has 0 bridgehead atoms. The summed E-state index contributed by atoms with van der Waals surface area (Å²) in [7, 11) is 0. The number of aromatic nitrogens is 2. The zero-order valence-corrected chi connectivity index (χ0v) is 16.3. The van der Waals surface area contributed by atoms with Crippen LogP contribution in [0.25, 0.3) is 11.4 Å². The lowest BCUT2D eigenvalue weighted by Gasteiger charge is -2.17. The highest BCUT2D eigenvalue weighted by atomic mass is 16.8. The molecule has 13 heteroatoms. The van der Waals surface area contributed by atoms with Gasteiger partial charge in [0.15, 0.2) is 22.6 Å². The van der Waals surface area contributed by atoms with Crippen LogP contribution in [0.4, 0.5) is 23.0 Å². The van der Waals surface area contributed by atoms with Gasteiger partial charge in [-0.3, -0.25) is 40.2 Å². The van der Waals surface area contributed by atoms with Gasteiger partial charge in [0.25, 0.3) is 11.4 Å². The summed E-state index contributed by atoms with van der Waals surface area (Å²) in [6.45, 7) is 3.39. The second kappa shape index (κ2) is 7.07. The van der Waals surface area contributed by atoms with Crippen LogP contribution in [0.5, 0.6) is 0 Å². The molecule has 0 saturated heterocycles. The van der Waals surface area contributed by atoms with E-state index in [-0.39, 0.29) is 34.4 Å². The van der Waals surface area contributed by atoms with E-state index in [9.17, 15) is 20.2 Å². The maximum absolute atomic E-state index is 11.6. The molecular weight excluding hydrogens is 408 g/mol. The van der Waals surface area contributed by atoms with Crippen LogP contribution in [0, 0.1) is 44.9 Å². The number of benzene rings is 2. The SMILES string of the molecule is Cc1ccc(-n2c3c(n(-c4ccc(C)cc4[N+](=O)[O-])c(=N)c2=N)NON3)c([N+](=O)[O-])c1. The van der Waals surface area contributed by atoms with Gasteiger partial charge in [-0.15, -0.1) is 0 Å². The summed E-state index contributed by atoms with van der Waals surface area (Å²) in [5.41, 5.74) is 4.98. The van der Waals surface area contributed by atoms with Gasteiger partial charge in [0, 0.05) is 12.1 Å². The zero-order valence-electron chi connectivity index (χ0n) is 16.3. The molecule has 31 heavy (non-hydrogen) atoms. The number of aryl methyl sites for hydroxylation is 2. The molecule has 0 amide bonds. The van der Waals surface area contributed by atoms with Crippen LogP contribution < -0.4 is 21.9 Å². The number of hydrogen-bond acceptors (Lipinski definition) is 9. The first-order valence-corrected chi connectivity index (χ1v) is 8.90. The molecule has 0 radical (unpaired) electrons. The van der Waals surface area contributed by atoms with Gasteiger partial charge in [-0.25, -0.2) is 11.0 Å². The van der Waals surface area contributed by atoms with E-state index in [0.717, 1.165) is 9.13 Å². The topological polar surface area (TPSA) is 177 Å². The molecule has 4 rings (SSSR count). The van der Waals surface area contributed by atoms with E-state index in [0.29, 0.717) is 11.1 Å². The average molecular weight is 424 g/mol. The largest absolute Gasteiger partial charge is 0.293 e. The van der Waals surface area contributed by atoms with Crippen molar-refractivity contribution in [2.75, 3.05) is 11.0 Å². The van der Waals surface area contributed by atoms with Gasteiger partial charge in [-0.2, -0.15) is 4.94 Å². The Labute approximate surface area is 173 Å². The summed E-state index contributed by atoms with van der Waals surface area (Å²) in [6, 6.07) is 8.91. The molecular formula is C18H16N8O5. The first-order chi connectivity index (χ1) is 14.7. The van der Waals surface area contributed by atoms with Gasteiger partial charge in [0.2, 0.25) is 0 Å². The molecule has 1 aromatic heterocycles. The second-order valence-corrected chi connectivity index (χ2v) is 6.87. The molecule has 13 nitrogen and oxygen atoms in total.